The van der Waals surface area contributed by atoms with Gasteiger partial charge in [0.15, 0.2) is 0 Å². The lowest BCUT2D eigenvalue weighted by molar-refractivity contribution is 0.476. The summed E-state index contributed by atoms with van der Waals surface area (Å²) >= 11 is 0. The van der Waals surface area contributed by atoms with Crippen LogP contribution in [-0.2, 0) is 0 Å². The van der Waals surface area contributed by atoms with Crippen LogP contribution in [0.3, 0.4) is 0 Å². The fourth-order valence-electron chi connectivity index (χ4n) is 3.94. The standard InChI is InChI=1S/C23H14N2O2/c26-14-9-10-16-15-5-1-3-7-19(15)25(20(16)11-14)23-12-22-18(13-24-23)17-6-2-4-8-21(17)27-22/h1-13,26H. The molecule has 0 radical (unpaired) electrons. The smallest absolute Gasteiger partial charge is 0.141 e. The highest BCUT2D eigenvalue weighted by Gasteiger charge is 2.15. The zero-order valence-electron chi connectivity index (χ0n) is 14.3. The van der Waals surface area contributed by atoms with Crippen molar-refractivity contribution in [1.82, 2.24) is 9.55 Å². The van der Waals surface area contributed by atoms with Gasteiger partial charge in [-0.1, -0.05) is 36.4 Å². The Hall–Kier alpha value is -3.79. The fourth-order valence-corrected chi connectivity index (χ4v) is 3.94. The average molecular weight is 350 g/mol. The summed E-state index contributed by atoms with van der Waals surface area (Å²) in [6, 6.07) is 23.6. The molecular weight excluding hydrogens is 336 g/mol. The zero-order valence-corrected chi connectivity index (χ0v) is 14.3. The number of phenolic OH excluding ortho intramolecular Hbond substituents is 1. The molecule has 3 aromatic carbocycles. The molecule has 4 heteroatoms. The molecule has 0 saturated carbocycles. The van der Waals surface area contributed by atoms with Gasteiger partial charge < -0.3 is 9.52 Å². The maximum Gasteiger partial charge on any atom is 0.141 e. The van der Waals surface area contributed by atoms with Crippen molar-refractivity contribution >= 4 is 43.7 Å². The van der Waals surface area contributed by atoms with Crippen molar-refractivity contribution in [3.05, 3.63) is 79.0 Å². The van der Waals surface area contributed by atoms with Gasteiger partial charge in [-0.25, -0.2) is 4.98 Å². The van der Waals surface area contributed by atoms with E-state index in [9.17, 15) is 5.11 Å². The van der Waals surface area contributed by atoms with Crippen LogP contribution in [0.15, 0.2) is 83.4 Å². The molecule has 0 spiro atoms. The minimum atomic E-state index is 0.233. The molecule has 0 unspecified atom stereocenters. The Kier molecular flexibility index (Phi) is 2.72. The van der Waals surface area contributed by atoms with E-state index in [0.717, 1.165) is 49.6 Å². The quantitative estimate of drug-likeness (QED) is 0.409. The van der Waals surface area contributed by atoms with Crippen LogP contribution < -0.4 is 0 Å². The van der Waals surface area contributed by atoms with E-state index in [1.165, 1.54) is 0 Å². The third-order valence-corrected chi connectivity index (χ3v) is 5.14. The Labute approximate surface area is 153 Å². The number of phenols is 1. The van der Waals surface area contributed by atoms with Gasteiger partial charge in [0, 0.05) is 39.9 Å². The highest BCUT2D eigenvalue weighted by molar-refractivity contribution is 6.10. The topological polar surface area (TPSA) is 51.2 Å². The lowest BCUT2D eigenvalue weighted by Crippen LogP contribution is -1.96. The van der Waals surface area contributed by atoms with E-state index in [4.69, 9.17) is 9.40 Å². The van der Waals surface area contributed by atoms with Gasteiger partial charge in [-0.3, -0.25) is 4.57 Å². The number of benzene rings is 3. The predicted octanol–water partition coefficient (Wildman–Crippen LogP) is 5.78. The maximum absolute atomic E-state index is 10.0. The van der Waals surface area contributed by atoms with Crippen molar-refractivity contribution in [3.63, 3.8) is 0 Å². The number of aromatic hydroxyl groups is 1. The lowest BCUT2D eigenvalue weighted by atomic mass is 10.1. The molecule has 6 aromatic rings. The molecular formula is C23H14N2O2. The van der Waals surface area contributed by atoms with E-state index in [1.54, 1.807) is 12.1 Å². The number of aromatic nitrogens is 2. The summed E-state index contributed by atoms with van der Waals surface area (Å²) < 4.78 is 8.10. The molecule has 0 atom stereocenters. The van der Waals surface area contributed by atoms with Gasteiger partial charge in [0.1, 0.15) is 22.7 Å². The second-order valence-corrected chi connectivity index (χ2v) is 6.69. The van der Waals surface area contributed by atoms with Gasteiger partial charge in [-0.2, -0.15) is 0 Å². The van der Waals surface area contributed by atoms with Crippen molar-refractivity contribution in [2.75, 3.05) is 0 Å². The van der Waals surface area contributed by atoms with Crippen LogP contribution >= 0.6 is 0 Å². The first kappa shape index (κ1) is 14.4. The molecule has 0 bridgehead atoms. The zero-order chi connectivity index (χ0) is 18.0. The summed E-state index contributed by atoms with van der Waals surface area (Å²) in [5.74, 6) is 0.995. The van der Waals surface area contributed by atoms with Crippen molar-refractivity contribution in [2.24, 2.45) is 0 Å². The third-order valence-electron chi connectivity index (χ3n) is 5.14. The van der Waals surface area contributed by atoms with Crippen LogP contribution in [0.1, 0.15) is 0 Å². The third kappa shape index (κ3) is 1.95. The Morgan fingerprint density at radius 2 is 1.48 bits per heavy atom. The first-order chi connectivity index (χ1) is 13.3. The molecule has 0 fully saturated rings. The number of fused-ring (bicyclic) bond motifs is 6. The second-order valence-electron chi connectivity index (χ2n) is 6.69. The lowest BCUT2D eigenvalue weighted by Gasteiger charge is -2.06. The molecule has 0 amide bonds. The first-order valence-electron chi connectivity index (χ1n) is 8.79. The normalized spacial score (nSPS) is 11.9. The molecule has 0 saturated heterocycles. The summed E-state index contributed by atoms with van der Waals surface area (Å²) in [6.07, 6.45) is 1.86. The largest absolute Gasteiger partial charge is 0.508 e. The summed E-state index contributed by atoms with van der Waals surface area (Å²) in [5.41, 5.74) is 3.61. The first-order valence-corrected chi connectivity index (χ1v) is 8.79. The number of nitrogens with zero attached hydrogens (tertiary/aromatic N) is 2. The number of hydrogen-bond acceptors (Lipinski definition) is 3. The van der Waals surface area contributed by atoms with E-state index in [1.807, 2.05) is 54.7 Å². The van der Waals surface area contributed by atoms with Crippen LogP contribution in [0.5, 0.6) is 5.75 Å². The Balaban J connectivity index is 1.73. The molecule has 0 aliphatic heterocycles. The molecule has 128 valence electrons. The summed E-state index contributed by atoms with van der Waals surface area (Å²) in [6.45, 7) is 0. The van der Waals surface area contributed by atoms with E-state index in [-0.39, 0.29) is 5.75 Å². The number of rotatable bonds is 1. The van der Waals surface area contributed by atoms with Crippen LogP contribution in [0.25, 0.3) is 49.6 Å². The Bertz CT molecular complexity index is 1490. The molecule has 3 heterocycles. The number of hydrogen-bond donors (Lipinski definition) is 1. The molecule has 4 nitrogen and oxygen atoms in total. The van der Waals surface area contributed by atoms with E-state index >= 15 is 0 Å². The van der Waals surface area contributed by atoms with E-state index in [2.05, 4.69) is 16.7 Å². The molecule has 6 rings (SSSR count). The van der Waals surface area contributed by atoms with Gasteiger partial charge >= 0.3 is 0 Å². The van der Waals surface area contributed by atoms with E-state index in [0.29, 0.717) is 0 Å². The molecule has 27 heavy (non-hydrogen) atoms. The summed E-state index contributed by atoms with van der Waals surface area (Å²) in [5, 5.41) is 14.3. The summed E-state index contributed by atoms with van der Waals surface area (Å²) in [7, 11) is 0. The van der Waals surface area contributed by atoms with Crippen molar-refractivity contribution in [1.29, 1.82) is 0 Å². The van der Waals surface area contributed by atoms with Gasteiger partial charge in [-0.05, 0) is 24.3 Å². The van der Waals surface area contributed by atoms with Gasteiger partial charge in [0.05, 0.1) is 11.0 Å². The van der Waals surface area contributed by atoms with Crippen LogP contribution in [0.4, 0.5) is 0 Å². The molecule has 0 aliphatic rings. The van der Waals surface area contributed by atoms with Crippen LogP contribution in [0, 0.1) is 0 Å². The SMILES string of the molecule is Oc1ccc2c3ccccc3n(-c3cc4oc5ccccc5c4cn3)c2c1. The number of pyridine rings is 1. The van der Waals surface area contributed by atoms with Gasteiger partial charge in [0.25, 0.3) is 0 Å². The van der Waals surface area contributed by atoms with E-state index < -0.39 is 0 Å². The number of para-hydroxylation sites is 2. The van der Waals surface area contributed by atoms with Crippen molar-refractivity contribution in [2.45, 2.75) is 0 Å². The van der Waals surface area contributed by atoms with Crippen LogP contribution in [-0.4, -0.2) is 14.7 Å². The predicted molar refractivity (Wildman–Crippen MR) is 108 cm³/mol. The minimum absolute atomic E-state index is 0.233. The highest BCUT2D eigenvalue weighted by Crippen LogP contribution is 2.35. The second kappa shape index (κ2) is 5.11. The molecule has 1 N–H and O–H groups in total. The fraction of sp³-hybridized carbons (Fsp3) is 0. The number of furan rings is 1. The maximum atomic E-state index is 10.0. The van der Waals surface area contributed by atoms with Crippen LogP contribution in [0.2, 0.25) is 0 Å². The highest BCUT2D eigenvalue weighted by atomic mass is 16.3. The molecule has 0 aliphatic carbocycles. The van der Waals surface area contributed by atoms with Gasteiger partial charge in [0.2, 0.25) is 0 Å². The minimum Gasteiger partial charge on any atom is -0.508 e. The molecule has 3 aromatic heterocycles. The average Bonchev–Trinajstić information content (AvgIpc) is 3.22. The van der Waals surface area contributed by atoms with Crippen molar-refractivity contribution < 1.29 is 9.52 Å². The Morgan fingerprint density at radius 1 is 0.704 bits per heavy atom. The van der Waals surface area contributed by atoms with Crippen molar-refractivity contribution in [3.8, 4) is 11.6 Å². The monoisotopic (exact) mass is 350 g/mol. The van der Waals surface area contributed by atoms with Gasteiger partial charge in [-0.15, -0.1) is 0 Å². The Morgan fingerprint density at radius 3 is 2.41 bits per heavy atom. The summed E-state index contributed by atoms with van der Waals surface area (Å²) in [4.78, 5) is 4.72.